The van der Waals surface area contributed by atoms with E-state index in [1.54, 1.807) is 13.2 Å². The molecule has 39 heavy (non-hydrogen) atoms. The van der Waals surface area contributed by atoms with Crippen molar-refractivity contribution in [1.29, 1.82) is 0 Å². The Balaban J connectivity index is 1.18. The summed E-state index contributed by atoms with van der Waals surface area (Å²) < 4.78 is 5.87. The SMILES string of the molecule is CSC1O[C@H]([C@H](NC(=O)C2CC=C(/C=C/C3CC4CC3C4c3ccccc3)CCN2)[C@H](C)Cl)[C@@H](O)C(O)[C@H]1O. The zero-order valence-electron chi connectivity index (χ0n) is 22.5. The molecule has 1 amide bonds. The van der Waals surface area contributed by atoms with Gasteiger partial charge >= 0.3 is 0 Å². The summed E-state index contributed by atoms with van der Waals surface area (Å²) in [5.74, 6) is 2.60. The first-order chi connectivity index (χ1) is 18.8. The lowest BCUT2D eigenvalue weighted by atomic mass is 9.67. The lowest BCUT2D eigenvalue weighted by Gasteiger charge is -2.44. The molecule has 0 aromatic heterocycles. The highest BCUT2D eigenvalue weighted by Gasteiger charge is 2.52. The van der Waals surface area contributed by atoms with Crippen LogP contribution in [0.5, 0.6) is 0 Å². The lowest BCUT2D eigenvalue weighted by molar-refractivity contribution is -0.205. The summed E-state index contributed by atoms with van der Waals surface area (Å²) >= 11 is 7.66. The van der Waals surface area contributed by atoms with Crippen LogP contribution < -0.4 is 10.6 Å². The van der Waals surface area contributed by atoms with Gasteiger partial charge in [0.15, 0.2) is 0 Å². The number of benzene rings is 1. The van der Waals surface area contributed by atoms with Crippen molar-refractivity contribution in [2.75, 3.05) is 12.8 Å². The number of amides is 1. The Labute approximate surface area is 240 Å². The van der Waals surface area contributed by atoms with Gasteiger partial charge in [0.25, 0.3) is 0 Å². The second-order valence-electron chi connectivity index (χ2n) is 11.5. The number of hydrogen-bond acceptors (Lipinski definition) is 7. The van der Waals surface area contributed by atoms with Crippen LogP contribution in [0.3, 0.4) is 0 Å². The lowest BCUT2D eigenvalue weighted by Crippen LogP contribution is -2.65. The first-order valence-electron chi connectivity index (χ1n) is 14.1. The fraction of sp³-hybridized carbons (Fsp3) is 0.633. The van der Waals surface area contributed by atoms with Crippen LogP contribution in [-0.4, -0.2) is 81.3 Å². The number of rotatable bonds is 8. The largest absolute Gasteiger partial charge is 0.388 e. The number of alkyl halides is 1. The minimum Gasteiger partial charge on any atom is -0.388 e. The van der Waals surface area contributed by atoms with Crippen molar-refractivity contribution >= 4 is 29.3 Å². The standard InChI is InChI=1S/C30H41ClN2O5S/c1-16(31)24(28-26(35)25(34)27(36)30(38-28)39-2)33-29(37)22-11-9-17(12-13-32-22)8-10-19-14-20-15-21(19)23(20)18-6-4-3-5-7-18/h3-10,16,19-28,30,32,34-36H,11-15H2,1-2H3,(H,33,37)/b10-8+/t16-,19?,20?,21?,22?,23?,24+,25?,26-,27+,28+,30?/m0/s1. The maximum absolute atomic E-state index is 13.3. The van der Waals surface area contributed by atoms with Crippen LogP contribution in [0.15, 0.2) is 54.1 Å². The van der Waals surface area contributed by atoms with E-state index in [-0.39, 0.29) is 5.91 Å². The second-order valence-corrected chi connectivity index (χ2v) is 13.1. The molecule has 0 spiro atoms. The fourth-order valence-electron chi connectivity index (χ4n) is 6.95. The Morgan fingerprint density at radius 3 is 2.67 bits per heavy atom. The number of ether oxygens (including phenoxy) is 1. The summed E-state index contributed by atoms with van der Waals surface area (Å²) in [5, 5.41) is 36.9. The molecular formula is C30H41ClN2O5S. The molecule has 5 N–H and O–H groups in total. The van der Waals surface area contributed by atoms with E-state index in [1.807, 2.05) is 0 Å². The van der Waals surface area contributed by atoms with E-state index in [0.717, 1.165) is 18.3 Å². The number of carbonyl (C=O) groups excluding carboxylic acids is 1. The maximum Gasteiger partial charge on any atom is 0.237 e. The first-order valence-corrected chi connectivity index (χ1v) is 15.8. The van der Waals surface area contributed by atoms with Crippen molar-refractivity contribution in [3.63, 3.8) is 0 Å². The molecule has 3 saturated carbocycles. The minimum absolute atomic E-state index is 0.228. The monoisotopic (exact) mass is 576 g/mol. The van der Waals surface area contributed by atoms with Crippen LogP contribution >= 0.6 is 23.4 Å². The number of carbonyl (C=O) groups is 1. The highest BCUT2D eigenvalue weighted by molar-refractivity contribution is 7.99. The van der Waals surface area contributed by atoms with Gasteiger partial charge in [0.2, 0.25) is 5.91 Å². The van der Waals surface area contributed by atoms with Crippen molar-refractivity contribution < 1.29 is 24.9 Å². The molecule has 1 aromatic rings. The van der Waals surface area contributed by atoms with E-state index >= 15 is 0 Å². The molecule has 2 aliphatic heterocycles. The van der Waals surface area contributed by atoms with Crippen molar-refractivity contribution in [1.82, 2.24) is 10.6 Å². The molecule has 0 radical (unpaired) electrons. The number of allylic oxidation sites excluding steroid dienone is 2. The smallest absolute Gasteiger partial charge is 0.237 e. The van der Waals surface area contributed by atoms with Gasteiger partial charge in [-0.3, -0.25) is 4.79 Å². The molecule has 3 aliphatic carbocycles. The first kappa shape index (κ1) is 29.1. The minimum atomic E-state index is -1.39. The molecule has 1 aromatic carbocycles. The van der Waals surface area contributed by atoms with E-state index in [9.17, 15) is 20.1 Å². The van der Waals surface area contributed by atoms with Gasteiger partial charge in [-0.25, -0.2) is 0 Å². The van der Waals surface area contributed by atoms with Gasteiger partial charge in [-0.15, -0.1) is 23.4 Å². The van der Waals surface area contributed by atoms with Crippen molar-refractivity contribution in [3.8, 4) is 0 Å². The van der Waals surface area contributed by atoms with E-state index in [1.165, 1.54) is 35.7 Å². The third kappa shape index (κ3) is 6.13. The molecule has 5 aliphatic rings. The van der Waals surface area contributed by atoms with Crippen LogP contribution in [-0.2, 0) is 9.53 Å². The second kappa shape index (κ2) is 12.6. The van der Waals surface area contributed by atoms with E-state index < -0.39 is 47.3 Å². The molecule has 4 fully saturated rings. The van der Waals surface area contributed by atoms with Crippen LogP contribution in [0.25, 0.3) is 0 Å². The molecule has 2 heterocycles. The van der Waals surface area contributed by atoms with E-state index in [4.69, 9.17) is 16.3 Å². The Kier molecular flexibility index (Phi) is 9.43. The zero-order valence-corrected chi connectivity index (χ0v) is 24.1. The molecular weight excluding hydrogens is 536 g/mol. The Morgan fingerprint density at radius 2 is 1.95 bits per heavy atom. The summed E-state index contributed by atoms with van der Waals surface area (Å²) in [7, 11) is 0. The number of aliphatic hydroxyl groups is 3. The third-order valence-electron chi connectivity index (χ3n) is 9.14. The summed E-state index contributed by atoms with van der Waals surface area (Å²) in [5.41, 5.74) is 1.99. The number of aliphatic hydroxyl groups excluding tert-OH is 3. The van der Waals surface area contributed by atoms with Crippen LogP contribution in [0.4, 0.5) is 0 Å². The fourth-order valence-corrected chi connectivity index (χ4v) is 7.84. The van der Waals surface area contributed by atoms with E-state index in [2.05, 4.69) is 59.2 Å². The van der Waals surface area contributed by atoms with Gasteiger partial charge < -0.3 is 30.7 Å². The normalized spacial score (nSPS) is 39.9. The topological polar surface area (TPSA) is 111 Å². The summed E-state index contributed by atoms with van der Waals surface area (Å²) in [4.78, 5) is 13.3. The molecule has 12 atom stereocenters. The number of nitrogens with one attached hydrogen (secondary N) is 2. The molecule has 2 bridgehead atoms. The predicted octanol–water partition coefficient (Wildman–Crippen LogP) is 2.94. The summed E-state index contributed by atoms with van der Waals surface area (Å²) in [6.07, 6.45) is 7.58. The molecule has 6 rings (SSSR count). The highest BCUT2D eigenvalue weighted by Crippen LogP contribution is 2.62. The molecule has 214 valence electrons. The highest BCUT2D eigenvalue weighted by atomic mass is 35.5. The third-order valence-corrected chi connectivity index (χ3v) is 10.3. The summed E-state index contributed by atoms with van der Waals surface area (Å²) in [6.45, 7) is 2.40. The van der Waals surface area contributed by atoms with Crippen LogP contribution in [0, 0.1) is 17.8 Å². The maximum atomic E-state index is 13.3. The summed E-state index contributed by atoms with van der Waals surface area (Å²) in [6, 6.07) is 9.72. The number of hydrogen-bond donors (Lipinski definition) is 5. The number of thioether (sulfide) groups is 1. The van der Waals surface area contributed by atoms with E-state index in [0.29, 0.717) is 24.8 Å². The van der Waals surface area contributed by atoms with Gasteiger partial charge in [0.05, 0.1) is 17.5 Å². The van der Waals surface area contributed by atoms with Gasteiger partial charge in [-0.2, -0.15) is 0 Å². The predicted molar refractivity (Wildman–Crippen MR) is 155 cm³/mol. The average Bonchev–Trinajstić information content (AvgIpc) is 3.41. The van der Waals surface area contributed by atoms with Gasteiger partial charge in [0.1, 0.15) is 29.9 Å². The molecule has 9 heteroatoms. The van der Waals surface area contributed by atoms with Gasteiger partial charge in [-0.05, 0) is 74.6 Å². The Bertz CT molecular complexity index is 1050. The molecule has 1 saturated heterocycles. The van der Waals surface area contributed by atoms with Gasteiger partial charge in [0, 0.05) is 0 Å². The van der Waals surface area contributed by atoms with Crippen molar-refractivity contribution in [2.45, 2.75) is 85.8 Å². The zero-order chi connectivity index (χ0) is 27.7. The Hall–Kier alpha value is -1.39. The van der Waals surface area contributed by atoms with Crippen molar-refractivity contribution in [3.05, 3.63) is 59.7 Å². The Morgan fingerprint density at radius 1 is 1.18 bits per heavy atom. The molecule has 7 nitrogen and oxygen atoms in total. The molecule has 7 unspecified atom stereocenters. The van der Waals surface area contributed by atoms with Crippen LogP contribution in [0.2, 0.25) is 0 Å². The van der Waals surface area contributed by atoms with Gasteiger partial charge in [-0.1, -0.05) is 54.1 Å². The number of halogens is 1. The quantitative estimate of drug-likeness (QED) is 0.303. The average molecular weight is 577 g/mol. The number of fused-ring (bicyclic) bond motifs is 1. The van der Waals surface area contributed by atoms with Crippen molar-refractivity contribution in [2.24, 2.45) is 17.8 Å². The van der Waals surface area contributed by atoms with Crippen LogP contribution in [0.1, 0.15) is 44.1 Å².